The van der Waals surface area contributed by atoms with Crippen LogP contribution in [0.2, 0.25) is 0 Å². The molecule has 114 valence electrons. The highest BCUT2D eigenvalue weighted by Crippen LogP contribution is 2.26. The van der Waals surface area contributed by atoms with Gasteiger partial charge in [0.15, 0.2) is 0 Å². The molecule has 4 aromatic rings. The third-order valence-electron chi connectivity index (χ3n) is 3.93. The standard InChI is InChI=1S/C18H15N3OS/c1-11-19-15-7-6-12(10-17(15)23-11)18(22)20-14-4-3-5-16-13(14)8-9-21(16)2/h3-10H,1-2H3,(H,20,22). The summed E-state index contributed by atoms with van der Waals surface area (Å²) in [7, 11) is 1.99. The van der Waals surface area contributed by atoms with Gasteiger partial charge in [-0.3, -0.25) is 4.79 Å². The van der Waals surface area contributed by atoms with Gasteiger partial charge in [-0.2, -0.15) is 0 Å². The molecule has 0 radical (unpaired) electrons. The van der Waals surface area contributed by atoms with E-state index in [2.05, 4.69) is 10.3 Å². The number of nitrogens with one attached hydrogen (secondary N) is 1. The molecule has 0 unspecified atom stereocenters. The van der Waals surface area contributed by atoms with Gasteiger partial charge in [0.25, 0.3) is 5.91 Å². The number of anilines is 1. The minimum absolute atomic E-state index is 0.102. The highest BCUT2D eigenvalue weighted by molar-refractivity contribution is 7.18. The van der Waals surface area contributed by atoms with E-state index < -0.39 is 0 Å². The number of amides is 1. The lowest BCUT2D eigenvalue weighted by Gasteiger charge is -2.07. The zero-order valence-electron chi connectivity index (χ0n) is 12.8. The third kappa shape index (κ3) is 2.39. The summed E-state index contributed by atoms with van der Waals surface area (Å²) < 4.78 is 3.07. The topological polar surface area (TPSA) is 46.9 Å². The maximum absolute atomic E-state index is 12.6. The number of nitrogens with zero attached hydrogens (tertiary/aromatic N) is 2. The van der Waals surface area contributed by atoms with Crippen LogP contribution in [0.3, 0.4) is 0 Å². The molecule has 4 rings (SSSR count). The maximum atomic E-state index is 12.6. The highest BCUT2D eigenvalue weighted by atomic mass is 32.1. The summed E-state index contributed by atoms with van der Waals surface area (Å²) in [6, 6.07) is 13.6. The Labute approximate surface area is 137 Å². The minimum atomic E-state index is -0.102. The van der Waals surface area contributed by atoms with Crippen LogP contribution < -0.4 is 5.32 Å². The number of aryl methyl sites for hydroxylation is 2. The summed E-state index contributed by atoms with van der Waals surface area (Å²) >= 11 is 1.60. The van der Waals surface area contributed by atoms with E-state index >= 15 is 0 Å². The molecule has 0 saturated heterocycles. The van der Waals surface area contributed by atoms with Crippen molar-refractivity contribution in [2.24, 2.45) is 7.05 Å². The Morgan fingerprint density at radius 2 is 2.09 bits per heavy atom. The van der Waals surface area contributed by atoms with E-state index in [4.69, 9.17) is 0 Å². The first kappa shape index (κ1) is 14.0. The molecule has 5 heteroatoms. The predicted molar refractivity (Wildman–Crippen MR) is 95.2 cm³/mol. The fourth-order valence-electron chi connectivity index (χ4n) is 2.79. The van der Waals surface area contributed by atoms with Crippen molar-refractivity contribution in [2.75, 3.05) is 5.32 Å². The largest absolute Gasteiger partial charge is 0.350 e. The quantitative estimate of drug-likeness (QED) is 0.596. The third-order valence-corrected chi connectivity index (χ3v) is 4.87. The van der Waals surface area contributed by atoms with Crippen LogP contribution in [-0.4, -0.2) is 15.5 Å². The molecule has 0 aliphatic carbocycles. The summed E-state index contributed by atoms with van der Waals surface area (Å²) in [6.45, 7) is 1.97. The van der Waals surface area contributed by atoms with Gasteiger partial charge in [-0.05, 0) is 43.3 Å². The van der Waals surface area contributed by atoms with Gasteiger partial charge in [0.2, 0.25) is 0 Å². The monoisotopic (exact) mass is 321 g/mol. The Morgan fingerprint density at radius 1 is 1.22 bits per heavy atom. The van der Waals surface area contributed by atoms with Gasteiger partial charge in [-0.15, -0.1) is 11.3 Å². The van der Waals surface area contributed by atoms with Gasteiger partial charge in [0.1, 0.15) is 0 Å². The van der Waals surface area contributed by atoms with Crippen molar-refractivity contribution in [3.8, 4) is 0 Å². The number of carbonyl (C=O) groups is 1. The first-order valence-corrected chi connectivity index (χ1v) is 8.16. The van der Waals surface area contributed by atoms with E-state index in [-0.39, 0.29) is 5.91 Å². The Balaban J connectivity index is 1.70. The average molecular weight is 321 g/mol. The Kier molecular flexibility index (Phi) is 3.16. The van der Waals surface area contributed by atoms with Crippen molar-refractivity contribution in [2.45, 2.75) is 6.92 Å². The molecule has 0 spiro atoms. The normalized spacial score (nSPS) is 11.2. The second-order valence-electron chi connectivity index (χ2n) is 5.53. The molecule has 2 aromatic carbocycles. The Bertz CT molecular complexity index is 1040. The van der Waals surface area contributed by atoms with Crippen LogP contribution in [-0.2, 0) is 7.05 Å². The fourth-order valence-corrected chi connectivity index (χ4v) is 3.65. The fraction of sp³-hybridized carbons (Fsp3) is 0.111. The maximum Gasteiger partial charge on any atom is 0.255 e. The van der Waals surface area contributed by atoms with Crippen LogP contribution in [0.5, 0.6) is 0 Å². The molecule has 1 amide bonds. The van der Waals surface area contributed by atoms with Crippen LogP contribution >= 0.6 is 11.3 Å². The summed E-state index contributed by atoms with van der Waals surface area (Å²) in [5.41, 5.74) is 3.51. The second-order valence-corrected chi connectivity index (χ2v) is 6.77. The summed E-state index contributed by atoms with van der Waals surface area (Å²) in [4.78, 5) is 17.0. The van der Waals surface area contributed by atoms with Crippen LogP contribution in [0.1, 0.15) is 15.4 Å². The summed E-state index contributed by atoms with van der Waals surface area (Å²) in [5, 5.41) is 5.06. The lowest BCUT2D eigenvalue weighted by molar-refractivity contribution is 0.102. The van der Waals surface area contributed by atoms with Crippen molar-refractivity contribution >= 4 is 44.1 Å². The van der Waals surface area contributed by atoms with Gasteiger partial charge in [0, 0.05) is 29.7 Å². The van der Waals surface area contributed by atoms with E-state index in [1.165, 1.54) is 0 Å². The molecule has 23 heavy (non-hydrogen) atoms. The first-order chi connectivity index (χ1) is 11.1. The van der Waals surface area contributed by atoms with Gasteiger partial charge in [-0.1, -0.05) is 6.07 Å². The SMILES string of the molecule is Cc1nc2ccc(C(=O)Nc3cccc4c3ccn4C)cc2s1. The van der Waals surface area contributed by atoms with Crippen molar-refractivity contribution in [3.05, 3.63) is 59.2 Å². The van der Waals surface area contributed by atoms with E-state index in [1.54, 1.807) is 11.3 Å². The number of benzene rings is 2. The van der Waals surface area contributed by atoms with Gasteiger partial charge in [0.05, 0.1) is 20.9 Å². The molecular formula is C18H15N3OS. The van der Waals surface area contributed by atoms with E-state index in [0.29, 0.717) is 5.56 Å². The predicted octanol–water partition coefficient (Wildman–Crippen LogP) is 4.35. The number of fused-ring (bicyclic) bond motifs is 2. The minimum Gasteiger partial charge on any atom is -0.350 e. The summed E-state index contributed by atoms with van der Waals surface area (Å²) in [5.74, 6) is -0.102. The smallest absolute Gasteiger partial charge is 0.255 e. The van der Waals surface area contributed by atoms with Crippen molar-refractivity contribution in [1.29, 1.82) is 0 Å². The molecule has 0 aliphatic rings. The summed E-state index contributed by atoms with van der Waals surface area (Å²) in [6.07, 6.45) is 1.99. The number of aromatic nitrogens is 2. The number of rotatable bonds is 2. The molecule has 4 nitrogen and oxygen atoms in total. The van der Waals surface area contributed by atoms with Gasteiger partial charge in [-0.25, -0.2) is 4.98 Å². The Morgan fingerprint density at radius 3 is 2.96 bits per heavy atom. The van der Waals surface area contributed by atoms with Crippen molar-refractivity contribution in [1.82, 2.24) is 9.55 Å². The Hall–Kier alpha value is -2.66. The lowest BCUT2D eigenvalue weighted by atomic mass is 10.1. The van der Waals surface area contributed by atoms with E-state index in [0.717, 1.165) is 31.8 Å². The average Bonchev–Trinajstić information content (AvgIpc) is 3.09. The molecule has 0 bridgehead atoms. The second kappa shape index (κ2) is 5.21. The molecule has 0 saturated carbocycles. The van der Waals surface area contributed by atoms with Crippen LogP contribution in [0.4, 0.5) is 5.69 Å². The zero-order valence-corrected chi connectivity index (χ0v) is 13.6. The molecule has 2 aromatic heterocycles. The van der Waals surface area contributed by atoms with E-state index in [1.807, 2.05) is 67.2 Å². The number of thiazole rings is 1. The van der Waals surface area contributed by atoms with Crippen molar-refractivity contribution in [3.63, 3.8) is 0 Å². The molecule has 0 aliphatic heterocycles. The molecular weight excluding hydrogens is 306 g/mol. The molecule has 0 atom stereocenters. The zero-order chi connectivity index (χ0) is 16.0. The van der Waals surface area contributed by atoms with E-state index in [9.17, 15) is 4.79 Å². The highest BCUT2D eigenvalue weighted by Gasteiger charge is 2.11. The lowest BCUT2D eigenvalue weighted by Crippen LogP contribution is -2.11. The number of hydrogen-bond acceptors (Lipinski definition) is 3. The van der Waals surface area contributed by atoms with Crippen molar-refractivity contribution < 1.29 is 4.79 Å². The molecule has 0 fully saturated rings. The van der Waals surface area contributed by atoms with Gasteiger partial charge < -0.3 is 9.88 Å². The number of hydrogen-bond donors (Lipinski definition) is 1. The van der Waals surface area contributed by atoms with Gasteiger partial charge >= 0.3 is 0 Å². The van der Waals surface area contributed by atoms with Crippen LogP contribution in [0.15, 0.2) is 48.7 Å². The first-order valence-electron chi connectivity index (χ1n) is 7.34. The molecule has 2 heterocycles. The van der Waals surface area contributed by atoms with Crippen LogP contribution in [0, 0.1) is 6.92 Å². The molecule has 1 N–H and O–H groups in total. The van der Waals surface area contributed by atoms with Crippen LogP contribution in [0.25, 0.3) is 21.1 Å². The number of carbonyl (C=O) groups excluding carboxylic acids is 1.